The number of nitrogen functional groups attached to an aromatic ring is 1. The summed E-state index contributed by atoms with van der Waals surface area (Å²) >= 11 is 0. The van der Waals surface area contributed by atoms with Crippen LogP contribution in [-0.4, -0.2) is 42.4 Å². The van der Waals surface area contributed by atoms with Crippen LogP contribution in [0.3, 0.4) is 0 Å². The highest BCUT2D eigenvalue weighted by Crippen LogP contribution is 2.10. The lowest BCUT2D eigenvalue weighted by molar-refractivity contribution is -0.155. The lowest BCUT2D eigenvalue weighted by atomic mass is 10.1. The first kappa shape index (κ1) is 23.7. The molecule has 0 spiro atoms. The molecule has 0 saturated carbocycles. The van der Waals surface area contributed by atoms with Gasteiger partial charge < -0.3 is 25.3 Å². The molecule has 1 aromatic carbocycles. The predicted octanol–water partition coefficient (Wildman–Crippen LogP) is 2.37. The van der Waals surface area contributed by atoms with Gasteiger partial charge in [0.05, 0.1) is 0 Å². The lowest BCUT2D eigenvalue weighted by Crippen LogP contribution is -2.47. The van der Waals surface area contributed by atoms with Crippen molar-refractivity contribution in [3.8, 4) is 0 Å². The summed E-state index contributed by atoms with van der Waals surface area (Å²) < 4.78 is 14.8. The molecule has 10 heteroatoms. The normalized spacial score (nSPS) is 11.9. The number of ether oxygens (including phenoxy) is 3. The van der Waals surface area contributed by atoms with Gasteiger partial charge in [-0.05, 0) is 51.0 Å². The summed E-state index contributed by atoms with van der Waals surface area (Å²) in [5, 5.41) is 12.4. The van der Waals surface area contributed by atoms with Crippen molar-refractivity contribution in [2.45, 2.75) is 46.3 Å². The summed E-state index contributed by atoms with van der Waals surface area (Å²) in [4.78, 5) is 35.8. The van der Waals surface area contributed by atoms with Gasteiger partial charge in [0, 0.05) is 11.3 Å². The van der Waals surface area contributed by atoms with Crippen LogP contribution in [0.2, 0.25) is 0 Å². The number of anilines is 1. The zero-order chi connectivity index (χ0) is 22.2. The number of nitrogens with one attached hydrogen (secondary N) is 3. The van der Waals surface area contributed by atoms with Gasteiger partial charge in [0.1, 0.15) is 17.5 Å². The number of rotatable bonds is 6. The molecule has 5 N–H and O–H groups in total. The minimum Gasteiger partial charge on any atom is -0.444 e. The average Bonchev–Trinajstić information content (AvgIpc) is 2.58. The molecule has 0 saturated heterocycles. The van der Waals surface area contributed by atoms with Crippen molar-refractivity contribution < 1.29 is 28.6 Å². The van der Waals surface area contributed by atoms with Gasteiger partial charge >= 0.3 is 18.2 Å². The maximum Gasteiger partial charge on any atom is 0.415 e. The van der Waals surface area contributed by atoms with E-state index in [1.165, 1.54) is 0 Å². The molecule has 0 aliphatic heterocycles. The number of carbonyl (C=O) groups is 3. The Morgan fingerprint density at radius 2 is 1.66 bits per heavy atom. The van der Waals surface area contributed by atoms with E-state index in [9.17, 15) is 14.4 Å². The van der Waals surface area contributed by atoms with E-state index < -0.39 is 36.6 Å². The maximum absolute atomic E-state index is 12.2. The average molecular weight is 408 g/mol. The molecule has 1 aromatic rings. The van der Waals surface area contributed by atoms with E-state index in [4.69, 9.17) is 25.4 Å². The van der Waals surface area contributed by atoms with Crippen molar-refractivity contribution in [2.24, 2.45) is 5.92 Å². The first-order chi connectivity index (χ1) is 13.4. The van der Waals surface area contributed by atoms with E-state index in [0.717, 1.165) is 0 Å². The van der Waals surface area contributed by atoms with E-state index in [1.807, 2.05) is 0 Å². The molecule has 0 aliphatic rings. The smallest absolute Gasteiger partial charge is 0.415 e. The highest BCUT2D eigenvalue weighted by molar-refractivity contribution is 6.04. The Bertz CT molecular complexity index is 740. The van der Waals surface area contributed by atoms with Crippen molar-refractivity contribution in [1.82, 2.24) is 10.6 Å². The number of esters is 1. The minimum absolute atomic E-state index is 0.201. The number of amidine groups is 1. The van der Waals surface area contributed by atoms with Crippen LogP contribution in [0.1, 0.15) is 40.2 Å². The van der Waals surface area contributed by atoms with E-state index in [-0.39, 0.29) is 11.8 Å². The zero-order valence-electron chi connectivity index (χ0n) is 17.2. The summed E-state index contributed by atoms with van der Waals surface area (Å²) in [5.74, 6) is -1.28. The monoisotopic (exact) mass is 408 g/mol. The van der Waals surface area contributed by atoms with Gasteiger partial charge in [0.15, 0.2) is 0 Å². The molecule has 29 heavy (non-hydrogen) atoms. The van der Waals surface area contributed by atoms with Crippen LogP contribution in [0.4, 0.5) is 15.3 Å². The summed E-state index contributed by atoms with van der Waals surface area (Å²) in [6, 6.07) is 5.32. The van der Waals surface area contributed by atoms with Gasteiger partial charge in [0.2, 0.25) is 6.79 Å². The van der Waals surface area contributed by atoms with E-state index in [2.05, 4.69) is 10.6 Å². The molecule has 0 aromatic heterocycles. The fraction of sp³-hybridized carbons (Fsp3) is 0.474. The van der Waals surface area contributed by atoms with Crippen molar-refractivity contribution >= 4 is 29.7 Å². The van der Waals surface area contributed by atoms with Gasteiger partial charge in [-0.2, -0.15) is 0 Å². The molecule has 0 aliphatic carbocycles. The number of hydrogen-bond donors (Lipinski definition) is 4. The zero-order valence-corrected chi connectivity index (χ0v) is 17.2. The number of benzene rings is 1. The van der Waals surface area contributed by atoms with Crippen LogP contribution in [0, 0.1) is 11.3 Å². The first-order valence-electron chi connectivity index (χ1n) is 8.93. The second-order valence-electron chi connectivity index (χ2n) is 7.50. The Morgan fingerprint density at radius 1 is 1.07 bits per heavy atom. The number of hydrogen-bond acceptors (Lipinski definition) is 8. The highest BCUT2D eigenvalue weighted by atomic mass is 16.7. The third kappa shape index (κ3) is 8.96. The largest absolute Gasteiger partial charge is 0.444 e. The summed E-state index contributed by atoms with van der Waals surface area (Å²) in [6.45, 7) is 7.84. The quantitative estimate of drug-likeness (QED) is 0.185. The molecular weight excluding hydrogens is 380 g/mol. The molecule has 160 valence electrons. The standard InChI is InChI=1S/C19H28N4O6/c1-11(2)14(22-18(26)29-19(3,4)5)16(24)27-10-28-17(25)23-15(21)12-6-8-13(20)9-7-12/h6-9,11,14H,10,20H2,1-5H3,(H,22,26)(H2,21,23,25)/t14-/m0/s1. The minimum atomic E-state index is -0.982. The van der Waals surface area contributed by atoms with Gasteiger partial charge in [-0.15, -0.1) is 0 Å². The van der Waals surface area contributed by atoms with Crippen LogP contribution in [0.25, 0.3) is 0 Å². The second-order valence-corrected chi connectivity index (χ2v) is 7.50. The SMILES string of the molecule is CC(C)[C@H](NC(=O)OC(C)(C)C)C(=O)OCOC(=O)NC(=N)c1ccc(N)cc1. The molecule has 1 rings (SSSR count). The molecule has 10 nitrogen and oxygen atoms in total. The van der Waals surface area contributed by atoms with Crippen molar-refractivity contribution in [3.05, 3.63) is 29.8 Å². The molecule has 0 fully saturated rings. The molecule has 2 amide bonds. The van der Waals surface area contributed by atoms with Gasteiger partial charge in [0.25, 0.3) is 0 Å². The summed E-state index contributed by atoms with van der Waals surface area (Å²) in [7, 11) is 0. The van der Waals surface area contributed by atoms with Crippen LogP contribution >= 0.6 is 0 Å². The van der Waals surface area contributed by atoms with Crippen LogP contribution < -0.4 is 16.4 Å². The Hall–Kier alpha value is -3.30. The molecule has 0 heterocycles. The second kappa shape index (κ2) is 10.3. The van der Waals surface area contributed by atoms with Gasteiger partial charge in [-0.1, -0.05) is 13.8 Å². The predicted molar refractivity (Wildman–Crippen MR) is 106 cm³/mol. The lowest BCUT2D eigenvalue weighted by Gasteiger charge is -2.24. The topological polar surface area (TPSA) is 153 Å². The molecule has 0 bridgehead atoms. The number of nitrogens with two attached hydrogens (primary N) is 1. The Morgan fingerprint density at radius 3 is 2.17 bits per heavy atom. The van der Waals surface area contributed by atoms with Crippen LogP contribution in [0.5, 0.6) is 0 Å². The Labute approximate surface area is 169 Å². The van der Waals surface area contributed by atoms with Crippen molar-refractivity contribution in [3.63, 3.8) is 0 Å². The van der Waals surface area contributed by atoms with Crippen molar-refractivity contribution in [2.75, 3.05) is 12.5 Å². The fourth-order valence-electron chi connectivity index (χ4n) is 2.02. The van der Waals surface area contributed by atoms with Crippen molar-refractivity contribution in [1.29, 1.82) is 5.41 Å². The van der Waals surface area contributed by atoms with Gasteiger partial charge in [-0.3, -0.25) is 10.7 Å². The number of alkyl carbamates (subject to hydrolysis) is 2. The van der Waals surface area contributed by atoms with Crippen LogP contribution in [0.15, 0.2) is 24.3 Å². The summed E-state index contributed by atoms with van der Waals surface area (Å²) in [6.07, 6.45) is -1.73. The molecule has 1 atom stereocenters. The first-order valence-corrected chi connectivity index (χ1v) is 8.93. The number of amides is 2. The number of carbonyl (C=O) groups excluding carboxylic acids is 3. The third-order valence-corrected chi connectivity index (χ3v) is 3.41. The Balaban J connectivity index is 2.48. The highest BCUT2D eigenvalue weighted by Gasteiger charge is 2.28. The van der Waals surface area contributed by atoms with E-state index >= 15 is 0 Å². The third-order valence-electron chi connectivity index (χ3n) is 3.41. The van der Waals surface area contributed by atoms with E-state index in [1.54, 1.807) is 58.9 Å². The van der Waals surface area contributed by atoms with Crippen LogP contribution in [-0.2, 0) is 19.0 Å². The summed E-state index contributed by atoms with van der Waals surface area (Å²) in [5.41, 5.74) is 5.80. The fourth-order valence-corrected chi connectivity index (χ4v) is 2.02. The maximum atomic E-state index is 12.2. The van der Waals surface area contributed by atoms with Gasteiger partial charge in [-0.25, -0.2) is 14.4 Å². The Kier molecular flexibility index (Phi) is 8.43. The molecule has 0 radical (unpaired) electrons. The molecular formula is C19H28N4O6. The van der Waals surface area contributed by atoms with E-state index in [0.29, 0.717) is 11.3 Å². The molecule has 0 unspecified atom stereocenters.